The summed E-state index contributed by atoms with van der Waals surface area (Å²) in [6, 6.07) is 10.6. The number of nitrogens with zero attached hydrogens (tertiary/aromatic N) is 1. The molecule has 0 amide bonds. The standard InChI is InChI=1S/C20H20ClNO5/c1-24-18-9-13(3-5-15(18)21)11-22-12-16(23)20(25-2)14-4-6-17-19(10-14)27-8-7-26-17/h3-6,9-11,20H,7-8,12H2,1-2H3. The number of rotatable bonds is 7. The van der Waals surface area contributed by atoms with Crippen molar-refractivity contribution in [3.05, 3.63) is 52.5 Å². The van der Waals surface area contributed by atoms with Crippen molar-refractivity contribution in [3.63, 3.8) is 0 Å². The molecule has 0 saturated heterocycles. The van der Waals surface area contributed by atoms with Crippen LogP contribution in [0.2, 0.25) is 5.02 Å². The number of ketones is 1. The monoisotopic (exact) mass is 389 g/mol. The van der Waals surface area contributed by atoms with Gasteiger partial charge in [-0.3, -0.25) is 9.79 Å². The second-order valence-corrected chi connectivity index (χ2v) is 6.26. The Morgan fingerprint density at radius 2 is 1.96 bits per heavy atom. The molecule has 0 bridgehead atoms. The first-order valence-electron chi connectivity index (χ1n) is 8.41. The Balaban J connectivity index is 1.68. The molecule has 6 nitrogen and oxygen atoms in total. The van der Waals surface area contributed by atoms with Gasteiger partial charge in [-0.15, -0.1) is 0 Å². The van der Waals surface area contributed by atoms with Crippen LogP contribution in [0.1, 0.15) is 17.2 Å². The summed E-state index contributed by atoms with van der Waals surface area (Å²) in [6.45, 7) is 0.984. The normalized spacial score (nSPS) is 14.2. The van der Waals surface area contributed by atoms with Crippen LogP contribution in [0.25, 0.3) is 0 Å². The molecule has 1 atom stereocenters. The van der Waals surface area contributed by atoms with Gasteiger partial charge in [0.25, 0.3) is 0 Å². The number of ether oxygens (including phenoxy) is 4. The van der Waals surface area contributed by atoms with Crippen molar-refractivity contribution in [2.45, 2.75) is 6.10 Å². The van der Waals surface area contributed by atoms with E-state index in [9.17, 15) is 4.79 Å². The summed E-state index contributed by atoms with van der Waals surface area (Å²) in [7, 11) is 3.04. The zero-order valence-electron chi connectivity index (χ0n) is 15.1. The van der Waals surface area contributed by atoms with Crippen molar-refractivity contribution in [1.82, 2.24) is 0 Å². The molecule has 0 saturated carbocycles. The molecule has 1 aliphatic heterocycles. The van der Waals surface area contributed by atoms with Gasteiger partial charge in [0.1, 0.15) is 31.6 Å². The smallest absolute Gasteiger partial charge is 0.187 e. The molecule has 0 N–H and O–H groups in total. The van der Waals surface area contributed by atoms with E-state index in [-0.39, 0.29) is 12.3 Å². The summed E-state index contributed by atoms with van der Waals surface area (Å²) in [6.07, 6.45) is 0.880. The van der Waals surface area contributed by atoms with Crippen LogP contribution in [-0.2, 0) is 9.53 Å². The van der Waals surface area contributed by atoms with Gasteiger partial charge in [0.2, 0.25) is 0 Å². The molecule has 2 aromatic rings. The number of aliphatic imine (C=N–C) groups is 1. The summed E-state index contributed by atoms with van der Waals surface area (Å²) in [4.78, 5) is 16.8. The van der Waals surface area contributed by atoms with Gasteiger partial charge < -0.3 is 18.9 Å². The number of hydrogen-bond acceptors (Lipinski definition) is 6. The summed E-state index contributed by atoms with van der Waals surface area (Å²) < 4.78 is 21.6. The van der Waals surface area contributed by atoms with Gasteiger partial charge >= 0.3 is 0 Å². The zero-order valence-corrected chi connectivity index (χ0v) is 15.9. The molecule has 1 heterocycles. The van der Waals surface area contributed by atoms with E-state index < -0.39 is 6.10 Å². The molecule has 142 valence electrons. The quantitative estimate of drug-likeness (QED) is 0.678. The van der Waals surface area contributed by atoms with Gasteiger partial charge in [0.15, 0.2) is 17.3 Å². The lowest BCUT2D eigenvalue weighted by atomic mass is 10.0. The van der Waals surface area contributed by atoms with E-state index in [1.165, 1.54) is 7.11 Å². The van der Waals surface area contributed by atoms with E-state index in [0.29, 0.717) is 41.0 Å². The SMILES string of the molecule is COc1cc(C=NCC(=O)C(OC)c2ccc3c(c2)OCCO3)ccc1Cl. The van der Waals surface area contributed by atoms with E-state index in [2.05, 4.69) is 4.99 Å². The highest BCUT2D eigenvalue weighted by Gasteiger charge is 2.22. The summed E-state index contributed by atoms with van der Waals surface area (Å²) in [5.41, 5.74) is 1.49. The number of benzene rings is 2. The molecule has 7 heteroatoms. The van der Waals surface area contributed by atoms with E-state index in [1.54, 1.807) is 49.7 Å². The van der Waals surface area contributed by atoms with Gasteiger partial charge in [-0.1, -0.05) is 23.7 Å². The maximum atomic E-state index is 12.6. The largest absolute Gasteiger partial charge is 0.495 e. The predicted molar refractivity (Wildman–Crippen MR) is 103 cm³/mol. The number of carbonyl (C=O) groups is 1. The van der Waals surface area contributed by atoms with E-state index in [0.717, 1.165) is 5.56 Å². The number of carbonyl (C=O) groups excluding carboxylic acids is 1. The highest BCUT2D eigenvalue weighted by atomic mass is 35.5. The predicted octanol–water partition coefficient (Wildman–Crippen LogP) is 3.50. The molecule has 2 aromatic carbocycles. The summed E-state index contributed by atoms with van der Waals surface area (Å²) in [5, 5.41) is 0.517. The Labute approximate surface area is 162 Å². The summed E-state index contributed by atoms with van der Waals surface area (Å²) in [5.74, 6) is 1.68. The Morgan fingerprint density at radius 1 is 1.19 bits per heavy atom. The molecule has 0 aliphatic carbocycles. The average molecular weight is 390 g/mol. The first-order chi connectivity index (χ1) is 13.1. The number of Topliss-reactive ketones (excluding diaryl/α,β-unsaturated/α-hetero) is 1. The lowest BCUT2D eigenvalue weighted by Crippen LogP contribution is -2.19. The van der Waals surface area contributed by atoms with Crippen LogP contribution < -0.4 is 14.2 Å². The van der Waals surface area contributed by atoms with Crippen LogP contribution in [0.15, 0.2) is 41.4 Å². The van der Waals surface area contributed by atoms with Crippen molar-refractivity contribution < 1.29 is 23.7 Å². The topological polar surface area (TPSA) is 66.4 Å². The minimum absolute atomic E-state index is 0.0160. The molecular formula is C20H20ClNO5. The fourth-order valence-electron chi connectivity index (χ4n) is 2.76. The Hall–Kier alpha value is -2.57. The van der Waals surface area contributed by atoms with Crippen molar-refractivity contribution in [1.29, 1.82) is 0 Å². The minimum Gasteiger partial charge on any atom is -0.495 e. The first-order valence-corrected chi connectivity index (χ1v) is 8.78. The lowest BCUT2D eigenvalue weighted by Gasteiger charge is -2.20. The van der Waals surface area contributed by atoms with Gasteiger partial charge in [0.05, 0.1) is 12.1 Å². The fourth-order valence-corrected chi connectivity index (χ4v) is 2.95. The molecule has 3 rings (SSSR count). The fraction of sp³-hybridized carbons (Fsp3) is 0.300. The maximum Gasteiger partial charge on any atom is 0.187 e. The third-order valence-corrected chi connectivity index (χ3v) is 4.37. The Bertz CT molecular complexity index is 852. The molecule has 0 fully saturated rings. The number of methoxy groups -OCH3 is 2. The van der Waals surface area contributed by atoms with Crippen LogP contribution in [0.5, 0.6) is 17.2 Å². The maximum absolute atomic E-state index is 12.6. The van der Waals surface area contributed by atoms with Crippen LogP contribution >= 0.6 is 11.6 Å². The van der Waals surface area contributed by atoms with Crippen molar-refractivity contribution >= 4 is 23.6 Å². The Morgan fingerprint density at radius 3 is 2.70 bits per heavy atom. The van der Waals surface area contributed by atoms with Gasteiger partial charge in [-0.05, 0) is 35.4 Å². The lowest BCUT2D eigenvalue weighted by molar-refractivity contribution is -0.127. The van der Waals surface area contributed by atoms with E-state index >= 15 is 0 Å². The molecule has 0 spiro atoms. The number of hydrogen-bond donors (Lipinski definition) is 0. The van der Waals surface area contributed by atoms with Crippen molar-refractivity contribution in [3.8, 4) is 17.2 Å². The zero-order chi connectivity index (χ0) is 19.2. The second kappa shape index (κ2) is 8.88. The number of fused-ring (bicyclic) bond motifs is 1. The van der Waals surface area contributed by atoms with E-state index in [4.69, 9.17) is 30.5 Å². The molecule has 1 unspecified atom stereocenters. The van der Waals surface area contributed by atoms with Crippen LogP contribution in [-0.4, -0.2) is 46.0 Å². The number of halogens is 1. The van der Waals surface area contributed by atoms with E-state index in [1.807, 2.05) is 0 Å². The summed E-state index contributed by atoms with van der Waals surface area (Å²) >= 11 is 6.00. The molecule has 0 radical (unpaired) electrons. The minimum atomic E-state index is -0.724. The molecule has 27 heavy (non-hydrogen) atoms. The Kier molecular flexibility index (Phi) is 6.32. The van der Waals surface area contributed by atoms with Gasteiger partial charge in [0, 0.05) is 13.3 Å². The van der Waals surface area contributed by atoms with Gasteiger partial charge in [-0.2, -0.15) is 0 Å². The van der Waals surface area contributed by atoms with Gasteiger partial charge in [-0.25, -0.2) is 0 Å². The van der Waals surface area contributed by atoms with Crippen LogP contribution in [0.4, 0.5) is 0 Å². The van der Waals surface area contributed by atoms with Crippen molar-refractivity contribution in [2.75, 3.05) is 34.0 Å². The highest BCUT2D eigenvalue weighted by Crippen LogP contribution is 2.33. The molecule has 0 aromatic heterocycles. The van der Waals surface area contributed by atoms with Crippen LogP contribution in [0, 0.1) is 0 Å². The third kappa shape index (κ3) is 4.59. The molecule has 1 aliphatic rings. The van der Waals surface area contributed by atoms with Crippen LogP contribution in [0.3, 0.4) is 0 Å². The third-order valence-electron chi connectivity index (χ3n) is 4.06. The first kappa shape index (κ1) is 19.2. The van der Waals surface area contributed by atoms with Crippen molar-refractivity contribution in [2.24, 2.45) is 4.99 Å². The second-order valence-electron chi connectivity index (χ2n) is 5.85. The average Bonchev–Trinajstić information content (AvgIpc) is 2.69. The molecular weight excluding hydrogens is 370 g/mol. The highest BCUT2D eigenvalue weighted by molar-refractivity contribution is 6.32.